The van der Waals surface area contributed by atoms with Crippen molar-refractivity contribution >= 4 is 17.4 Å². The van der Waals surface area contributed by atoms with Crippen LogP contribution in [-0.2, 0) is 0 Å². The smallest absolute Gasteiger partial charge is 0.270 e. The molecule has 0 atom stereocenters. The van der Waals surface area contributed by atoms with Crippen LogP contribution < -0.4 is 5.32 Å². The Bertz CT molecular complexity index is 823. The van der Waals surface area contributed by atoms with Crippen LogP contribution in [0.25, 0.3) is 11.3 Å². The molecule has 1 amide bonds. The number of hydrogen-bond donors (Lipinski definition) is 2. The summed E-state index contributed by atoms with van der Waals surface area (Å²) >= 11 is 0. The van der Waals surface area contributed by atoms with Crippen molar-refractivity contribution in [2.24, 2.45) is 0 Å². The van der Waals surface area contributed by atoms with Gasteiger partial charge in [-0.15, -0.1) is 0 Å². The summed E-state index contributed by atoms with van der Waals surface area (Å²) in [5, 5.41) is 20.1. The van der Waals surface area contributed by atoms with Crippen LogP contribution in [0.2, 0.25) is 0 Å². The molecule has 0 aliphatic carbocycles. The molecule has 0 saturated heterocycles. The maximum absolute atomic E-state index is 11.9. The molecule has 2 aromatic heterocycles. The average Bonchev–Trinajstić information content (AvgIpc) is 3.19. The van der Waals surface area contributed by atoms with E-state index in [2.05, 4.69) is 15.5 Å². The average molecular weight is 298 g/mol. The third-order valence-electron chi connectivity index (χ3n) is 2.97. The fourth-order valence-corrected chi connectivity index (χ4v) is 1.90. The number of benzene rings is 1. The summed E-state index contributed by atoms with van der Waals surface area (Å²) < 4.78 is 4.83. The molecule has 8 heteroatoms. The van der Waals surface area contributed by atoms with E-state index in [4.69, 9.17) is 4.42 Å². The number of amides is 1. The highest BCUT2D eigenvalue weighted by Gasteiger charge is 2.12. The summed E-state index contributed by atoms with van der Waals surface area (Å²) in [5.74, 6) is -0.0430. The van der Waals surface area contributed by atoms with E-state index in [-0.39, 0.29) is 11.6 Å². The number of non-ortho nitro benzene ring substituents is 1. The topological polar surface area (TPSA) is 114 Å². The lowest BCUT2D eigenvalue weighted by Crippen LogP contribution is -2.10. The number of nitrogens with one attached hydrogen (secondary N) is 2. The fraction of sp³-hybridized carbons (Fsp3) is 0. The van der Waals surface area contributed by atoms with Crippen LogP contribution in [0.3, 0.4) is 0 Å². The predicted octanol–water partition coefficient (Wildman–Crippen LogP) is 2.83. The molecule has 0 unspecified atom stereocenters. The number of anilines is 1. The minimum absolute atomic E-state index is 0.0175. The number of nitro groups is 1. The van der Waals surface area contributed by atoms with E-state index < -0.39 is 4.92 Å². The maximum Gasteiger partial charge on any atom is 0.270 e. The number of hydrogen-bond acceptors (Lipinski definition) is 5. The molecule has 22 heavy (non-hydrogen) atoms. The monoisotopic (exact) mass is 298 g/mol. The van der Waals surface area contributed by atoms with Crippen molar-refractivity contribution < 1.29 is 14.1 Å². The number of aromatic nitrogens is 2. The number of H-pyrrole nitrogens is 1. The van der Waals surface area contributed by atoms with Gasteiger partial charge in [0.2, 0.25) is 0 Å². The molecule has 3 rings (SSSR count). The maximum atomic E-state index is 11.9. The third-order valence-corrected chi connectivity index (χ3v) is 2.97. The van der Waals surface area contributed by atoms with Crippen LogP contribution in [0.1, 0.15) is 10.4 Å². The highest BCUT2D eigenvalue weighted by atomic mass is 16.6. The van der Waals surface area contributed by atoms with Gasteiger partial charge in [-0.2, -0.15) is 5.10 Å². The van der Waals surface area contributed by atoms with Crippen LogP contribution in [0.15, 0.2) is 53.3 Å². The van der Waals surface area contributed by atoms with Gasteiger partial charge in [-0.05, 0) is 6.07 Å². The van der Waals surface area contributed by atoms with E-state index in [0.29, 0.717) is 22.6 Å². The Kier molecular flexibility index (Phi) is 3.40. The number of nitrogens with zero attached hydrogens (tertiary/aromatic N) is 2. The van der Waals surface area contributed by atoms with Gasteiger partial charge in [-0.3, -0.25) is 20.0 Å². The second kappa shape index (κ2) is 5.52. The second-order valence-corrected chi connectivity index (χ2v) is 4.44. The fourth-order valence-electron chi connectivity index (χ4n) is 1.90. The highest BCUT2D eigenvalue weighted by molar-refractivity contribution is 6.03. The Morgan fingerprint density at radius 1 is 1.32 bits per heavy atom. The first kappa shape index (κ1) is 13.6. The second-order valence-electron chi connectivity index (χ2n) is 4.44. The summed E-state index contributed by atoms with van der Waals surface area (Å²) in [7, 11) is 0. The summed E-state index contributed by atoms with van der Waals surface area (Å²) in [6.07, 6.45) is 2.72. The van der Waals surface area contributed by atoms with Gasteiger partial charge < -0.3 is 9.73 Å². The van der Waals surface area contributed by atoms with Crippen molar-refractivity contribution in [1.29, 1.82) is 0 Å². The van der Waals surface area contributed by atoms with Gasteiger partial charge in [-0.25, -0.2) is 0 Å². The van der Waals surface area contributed by atoms with Crippen LogP contribution in [-0.4, -0.2) is 21.0 Å². The SMILES string of the molecule is O=C(Nc1cc(-c2cccc([N+](=O)[O-])c2)[nH]n1)c1ccoc1. The first-order chi connectivity index (χ1) is 10.6. The Morgan fingerprint density at radius 2 is 2.18 bits per heavy atom. The van der Waals surface area contributed by atoms with Gasteiger partial charge in [0.15, 0.2) is 5.82 Å². The molecule has 0 aliphatic heterocycles. The molecular formula is C14H10N4O4. The summed E-state index contributed by atoms with van der Waals surface area (Å²) in [5.41, 5.74) is 1.52. The zero-order chi connectivity index (χ0) is 15.5. The molecule has 110 valence electrons. The van der Waals surface area contributed by atoms with Gasteiger partial charge in [0.25, 0.3) is 11.6 Å². The van der Waals surface area contributed by atoms with E-state index >= 15 is 0 Å². The van der Waals surface area contributed by atoms with Crippen molar-refractivity contribution in [2.75, 3.05) is 5.32 Å². The molecule has 0 spiro atoms. The molecular weight excluding hydrogens is 288 g/mol. The first-order valence-electron chi connectivity index (χ1n) is 6.27. The molecule has 0 bridgehead atoms. The van der Waals surface area contributed by atoms with Gasteiger partial charge >= 0.3 is 0 Å². The number of rotatable bonds is 4. The molecule has 0 saturated carbocycles. The molecule has 0 fully saturated rings. The molecule has 2 heterocycles. The van der Waals surface area contributed by atoms with Crippen LogP contribution in [0.5, 0.6) is 0 Å². The van der Waals surface area contributed by atoms with E-state index in [1.807, 2.05) is 0 Å². The lowest BCUT2D eigenvalue weighted by atomic mass is 10.1. The van der Waals surface area contributed by atoms with Gasteiger partial charge in [0.1, 0.15) is 6.26 Å². The summed E-state index contributed by atoms with van der Waals surface area (Å²) in [4.78, 5) is 22.2. The van der Waals surface area contributed by atoms with Crippen LogP contribution >= 0.6 is 0 Å². The summed E-state index contributed by atoms with van der Waals surface area (Å²) in [6, 6.07) is 9.25. The van der Waals surface area contributed by atoms with E-state index in [9.17, 15) is 14.9 Å². The van der Waals surface area contributed by atoms with Gasteiger partial charge in [0.05, 0.1) is 22.4 Å². The van der Waals surface area contributed by atoms with Crippen molar-refractivity contribution in [3.63, 3.8) is 0 Å². The van der Waals surface area contributed by atoms with E-state index in [1.54, 1.807) is 18.2 Å². The van der Waals surface area contributed by atoms with Crippen molar-refractivity contribution in [1.82, 2.24) is 10.2 Å². The molecule has 0 aliphatic rings. The normalized spacial score (nSPS) is 10.4. The number of nitro benzene ring substituents is 1. The van der Waals surface area contributed by atoms with Crippen LogP contribution in [0.4, 0.5) is 11.5 Å². The predicted molar refractivity (Wildman–Crippen MR) is 77.3 cm³/mol. The van der Waals surface area contributed by atoms with Crippen molar-refractivity contribution in [3.8, 4) is 11.3 Å². The molecule has 3 aromatic rings. The molecule has 2 N–H and O–H groups in total. The zero-order valence-electron chi connectivity index (χ0n) is 11.1. The Morgan fingerprint density at radius 3 is 2.91 bits per heavy atom. The number of carbonyl (C=O) groups excluding carboxylic acids is 1. The molecule has 8 nitrogen and oxygen atoms in total. The summed E-state index contributed by atoms with van der Waals surface area (Å²) in [6.45, 7) is 0. The Hall–Kier alpha value is -3.42. The molecule has 0 radical (unpaired) electrons. The molecule has 1 aromatic carbocycles. The minimum atomic E-state index is -0.471. The Labute approximate surface area is 123 Å². The standard InChI is InChI=1S/C14H10N4O4/c19-14(10-4-5-22-8-10)15-13-7-12(16-17-13)9-2-1-3-11(6-9)18(20)21/h1-8H,(H2,15,16,17,19). The Balaban J connectivity index is 1.80. The lowest BCUT2D eigenvalue weighted by molar-refractivity contribution is -0.384. The quantitative estimate of drug-likeness (QED) is 0.567. The lowest BCUT2D eigenvalue weighted by Gasteiger charge is -1.98. The van der Waals surface area contributed by atoms with Crippen molar-refractivity contribution in [3.05, 3.63) is 64.6 Å². The van der Waals surface area contributed by atoms with E-state index in [0.717, 1.165) is 0 Å². The van der Waals surface area contributed by atoms with Crippen molar-refractivity contribution in [2.45, 2.75) is 0 Å². The number of aromatic amines is 1. The largest absolute Gasteiger partial charge is 0.472 e. The highest BCUT2D eigenvalue weighted by Crippen LogP contribution is 2.24. The first-order valence-corrected chi connectivity index (χ1v) is 6.27. The number of furan rings is 1. The zero-order valence-corrected chi connectivity index (χ0v) is 11.1. The van der Waals surface area contributed by atoms with Gasteiger partial charge in [0, 0.05) is 23.8 Å². The van der Waals surface area contributed by atoms with E-state index in [1.165, 1.54) is 30.7 Å². The van der Waals surface area contributed by atoms with Crippen LogP contribution in [0, 0.1) is 10.1 Å². The number of carbonyl (C=O) groups is 1. The minimum Gasteiger partial charge on any atom is -0.472 e. The van der Waals surface area contributed by atoms with Gasteiger partial charge in [-0.1, -0.05) is 12.1 Å². The third kappa shape index (κ3) is 2.70.